The van der Waals surface area contributed by atoms with Gasteiger partial charge in [0.25, 0.3) is 0 Å². The van der Waals surface area contributed by atoms with E-state index in [9.17, 15) is 12.8 Å². The molecule has 2 aromatic carbocycles. The number of nitrogens with zero attached hydrogens (tertiary/aromatic N) is 4. The minimum Gasteiger partial charge on any atom is -0.494 e. The lowest BCUT2D eigenvalue weighted by atomic mass is 10.1. The Kier molecular flexibility index (Phi) is 6.15. The third kappa shape index (κ3) is 4.67. The maximum absolute atomic E-state index is 13.5. The number of halogens is 1. The Bertz CT molecular complexity index is 1150. The fourth-order valence-corrected chi connectivity index (χ4v) is 4.93. The molecule has 1 fully saturated rings. The summed E-state index contributed by atoms with van der Waals surface area (Å²) < 4.78 is 46.4. The molecule has 7 nitrogen and oxygen atoms in total. The molecule has 0 saturated carbocycles. The summed E-state index contributed by atoms with van der Waals surface area (Å²) in [5, 5.41) is 0. The lowest BCUT2D eigenvalue weighted by Crippen LogP contribution is -2.48. The van der Waals surface area contributed by atoms with Crippen molar-refractivity contribution in [3.05, 3.63) is 66.7 Å². The van der Waals surface area contributed by atoms with E-state index >= 15 is 0 Å². The molecule has 0 amide bonds. The average molecular weight is 443 g/mol. The molecule has 31 heavy (non-hydrogen) atoms. The van der Waals surface area contributed by atoms with Gasteiger partial charge in [0.1, 0.15) is 23.7 Å². The molecule has 0 N–H and O–H groups in total. The van der Waals surface area contributed by atoms with Crippen molar-refractivity contribution >= 4 is 15.8 Å². The van der Waals surface area contributed by atoms with Gasteiger partial charge in [-0.15, -0.1) is 0 Å². The third-order valence-corrected chi connectivity index (χ3v) is 7.02. The van der Waals surface area contributed by atoms with Crippen LogP contribution < -0.4 is 9.64 Å². The Morgan fingerprint density at radius 1 is 1.00 bits per heavy atom. The fraction of sp³-hybridized carbons (Fsp3) is 0.273. The van der Waals surface area contributed by atoms with E-state index < -0.39 is 10.0 Å². The van der Waals surface area contributed by atoms with E-state index in [0.717, 1.165) is 0 Å². The number of anilines is 1. The summed E-state index contributed by atoms with van der Waals surface area (Å²) in [4.78, 5) is 10.8. The van der Waals surface area contributed by atoms with Gasteiger partial charge in [0.05, 0.1) is 17.2 Å². The summed E-state index contributed by atoms with van der Waals surface area (Å²) in [6, 6.07) is 14.5. The van der Waals surface area contributed by atoms with Gasteiger partial charge in [0, 0.05) is 37.8 Å². The second-order valence-electron chi connectivity index (χ2n) is 7.07. The molecular formula is C22H23FN4O3S. The Hall–Kier alpha value is -3.04. The normalized spacial score (nSPS) is 15.1. The Balaban J connectivity index is 1.45. The molecule has 0 aliphatic carbocycles. The molecule has 9 heteroatoms. The zero-order chi connectivity index (χ0) is 21.8. The maximum atomic E-state index is 13.5. The summed E-state index contributed by atoms with van der Waals surface area (Å²) in [5.41, 5.74) is 1.29. The van der Waals surface area contributed by atoms with Crippen LogP contribution in [0, 0.1) is 5.82 Å². The maximum Gasteiger partial charge on any atom is 0.243 e. The highest BCUT2D eigenvalue weighted by atomic mass is 32.2. The highest BCUT2D eigenvalue weighted by Gasteiger charge is 2.29. The van der Waals surface area contributed by atoms with Crippen LogP contribution in [-0.4, -0.2) is 55.5 Å². The van der Waals surface area contributed by atoms with E-state index in [1.807, 2.05) is 11.8 Å². The number of hydrogen-bond acceptors (Lipinski definition) is 6. The number of aromatic nitrogens is 2. The molecular weight excluding hydrogens is 419 g/mol. The quantitative estimate of drug-likeness (QED) is 0.584. The van der Waals surface area contributed by atoms with Crippen LogP contribution in [0.15, 0.2) is 65.8 Å². The molecule has 0 unspecified atom stereocenters. The molecule has 162 valence electrons. The summed E-state index contributed by atoms with van der Waals surface area (Å²) >= 11 is 0. The van der Waals surface area contributed by atoms with Crippen molar-refractivity contribution in [3.63, 3.8) is 0 Å². The summed E-state index contributed by atoms with van der Waals surface area (Å²) in [6.45, 7) is 4.08. The standard InChI is InChI=1S/C22H23FN4O3S/c1-2-30-19-6-8-20(9-7-19)31(28,29)27-12-10-26(11-13-27)22-15-21(24-16-25-22)17-4-3-5-18(23)14-17/h3-9,14-16H,2,10-13H2,1H3. The first-order valence-corrected chi connectivity index (χ1v) is 11.5. The van der Waals surface area contributed by atoms with E-state index in [1.54, 1.807) is 42.5 Å². The van der Waals surface area contributed by atoms with Crippen LogP contribution in [0.3, 0.4) is 0 Å². The zero-order valence-corrected chi connectivity index (χ0v) is 17.9. The number of hydrogen-bond donors (Lipinski definition) is 0. The van der Waals surface area contributed by atoms with Gasteiger partial charge in [-0.2, -0.15) is 4.31 Å². The van der Waals surface area contributed by atoms with Crippen LogP contribution in [0.4, 0.5) is 10.2 Å². The molecule has 1 saturated heterocycles. The minimum atomic E-state index is -3.58. The third-order valence-electron chi connectivity index (χ3n) is 5.11. The Labute approximate surface area is 181 Å². The van der Waals surface area contributed by atoms with Crippen molar-refractivity contribution < 1.29 is 17.5 Å². The van der Waals surface area contributed by atoms with Gasteiger partial charge in [-0.1, -0.05) is 12.1 Å². The van der Waals surface area contributed by atoms with Crippen molar-refractivity contribution in [1.29, 1.82) is 0 Å². The van der Waals surface area contributed by atoms with Crippen molar-refractivity contribution in [1.82, 2.24) is 14.3 Å². The van der Waals surface area contributed by atoms with Gasteiger partial charge in [-0.3, -0.25) is 0 Å². The van der Waals surface area contributed by atoms with E-state index in [0.29, 0.717) is 55.6 Å². The fourth-order valence-electron chi connectivity index (χ4n) is 3.51. The van der Waals surface area contributed by atoms with Crippen molar-refractivity contribution in [3.8, 4) is 17.0 Å². The number of sulfonamides is 1. The average Bonchev–Trinajstić information content (AvgIpc) is 2.80. The monoisotopic (exact) mass is 442 g/mol. The molecule has 2 heterocycles. The predicted octanol–water partition coefficient (Wildman–Crippen LogP) is 3.19. The van der Waals surface area contributed by atoms with E-state index in [2.05, 4.69) is 9.97 Å². The molecule has 0 atom stereocenters. The smallest absolute Gasteiger partial charge is 0.243 e. The van der Waals surface area contributed by atoms with Gasteiger partial charge < -0.3 is 9.64 Å². The summed E-state index contributed by atoms with van der Waals surface area (Å²) in [6.07, 6.45) is 1.44. The van der Waals surface area contributed by atoms with Crippen LogP contribution in [0.1, 0.15) is 6.92 Å². The van der Waals surface area contributed by atoms with E-state index in [1.165, 1.54) is 22.8 Å². The molecule has 1 aliphatic heterocycles. The number of ether oxygens (including phenoxy) is 1. The lowest BCUT2D eigenvalue weighted by Gasteiger charge is -2.34. The number of piperazine rings is 1. The first kappa shape index (κ1) is 21.2. The van der Waals surface area contributed by atoms with Crippen LogP contribution in [-0.2, 0) is 10.0 Å². The highest BCUT2D eigenvalue weighted by molar-refractivity contribution is 7.89. The van der Waals surface area contributed by atoms with Crippen LogP contribution in [0.2, 0.25) is 0 Å². The van der Waals surface area contributed by atoms with Crippen LogP contribution >= 0.6 is 0 Å². The summed E-state index contributed by atoms with van der Waals surface area (Å²) in [7, 11) is -3.58. The molecule has 1 aliphatic rings. The highest BCUT2D eigenvalue weighted by Crippen LogP contribution is 2.24. The van der Waals surface area contributed by atoms with Crippen molar-refractivity contribution in [2.45, 2.75) is 11.8 Å². The van der Waals surface area contributed by atoms with E-state index in [4.69, 9.17) is 4.74 Å². The molecule has 0 spiro atoms. The minimum absolute atomic E-state index is 0.250. The van der Waals surface area contributed by atoms with Gasteiger partial charge in [-0.25, -0.2) is 22.8 Å². The SMILES string of the molecule is CCOc1ccc(S(=O)(=O)N2CCN(c3cc(-c4cccc(F)c4)ncn3)CC2)cc1. The molecule has 4 rings (SSSR count). The Morgan fingerprint density at radius 3 is 2.42 bits per heavy atom. The molecule has 0 radical (unpaired) electrons. The van der Waals surface area contributed by atoms with Gasteiger partial charge in [0.15, 0.2) is 0 Å². The summed E-state index contributed by atoms with van der Waals surface area (Å²) in [5.74, 6) is 1.00. The largest absolute Gasteiger partial charge is 0.494 e. The molecule has 1 aromatic heterocycles. The topological polar surface area (TPSA) is 75.6 Å². The first-order valence-electron chi connectivity index (χ1n) is 10.0. The first-order chi connectivity index (χ1) is 15.0. The van der Waals surface area contributed by atoms with Crippen molar-refractivity contribution in [2.75, 3.05) is 37.7 Å². The second kappa shape index (κ2) is 8.99. The number of rotatable bonds is 6. The predicted molar refractivity (Wildman–Crippen MR) is 116 cm³/mol. The van der Waals surface area contributed by atoms with Crippen LogP contribution in [0.5, 0.6) is 5.75 Å². The zero-order valence-electron chi connectivity index (χ0n) is 17.1. The van der Waals surface area contributed by atoms with Gasteiger partial charge in [-0.05, 0) is 43.3 Å². The lowest BCUT2D eigenvalue weighted by molar-refractivity contribution is 0.340. The van der Waals surface area contributed by atoms with Gasteiger partial charge in [0.2, 0.25) is 10.0 Å². The van der Waals surface area contributed by atoms with E-state index in [-0.39, 0.29) is 10.7 Å². The van der Waals surface area contributed by atoms with Crippen molar-refractivity contribution in [2.24, 2.45) is 0 Å². The van der Waals surface area contributed by atoms with Crippen LogP contribution in [0.25, 0.3) is 11.3 Å². The second-order valence-corrected chi connectivity index (χ2v) is 9.01. The van der Waals surface area contributed by atoms with Gasteiger partial charge >= 0.3 is 0 Å². The Morgan fingerprint density at radius 2 is 1.74 bits per heavy atom. The molecule has 3 aromatic rings. The number of benzene rings is 2. The molecule has 0 bridgehead atoms.